The molecule has 1 amide bonds. The van der Waals surface area contributed by atoms with E-state index < -0.39 is 11.9 Å². The van der Waals surface area contributed by atoms with E-state index in [1.165, 1.54) is 0 Å². The Kier molecular flexibility index (Phi) is 7.19. The lowest BCUT2D eigenvalue weighted by molar-refractivity contribution is -0.139. The van der Waals surface area contributed by atoms with Gasteiger partial charge in [0.2, 0.25) is 5.88 Å². The first-order valence-corrected chi connectivity index (χ1v) is 10.4. The molecule has 1 aromatic carbocycles. The molecule has 8 heteroatoms. The van der Waals surface area contributed by atoms with Crippen LogP contribution >= 0.6 is 0 Å². The molecule has 2 aliphatic heterocycles. The third kappa shape index (κ3) is 5.00. The Morgan fingerprint density at radius 3 is 2.52 bits per heavy atom. The van der Waals surface area contributed by atoms with Crippen LogP contribution in [0.1, 0.15) is 44.6 Å². The van der Waals surface area contributed by atoms with Crippen molar-refractivity contribution in [3.8, 4) is 11.8 Å². The molecule has 0 spiro atoms. The zero-order valence-corrected chi connectivity index (χ0v) is 17.8. The molecule has 1 atom stereocenters. The van der Waals surface area contributed by atoms with Crippen LogP contribution in [0.3, 0.4) is 0 Å². The Morgan fingerprint density at radius 1 is 1.23 bits per heavy atom. The second-order valence-electron chi connectivity index (χ2n) is 7.41. The van der Waals surface area contributed by atoms with Crippen LogP contribution in [0.5, 0.6) is 5.75 Å². The molecule has 0 bridgehead atoms. The number of hydrogen-bond acceptors (Lipinski definition) is 7. The Balaban J connectivity index is 1.78. The maximum atomic E-state index is 12.6. The zero-order valence-electron chi connectivity index (χ0n) is 17.8. The fraction of sp³-hybridized carbons (Fsp3) is 0.435. The van der Waals surface area contributed by atoms with Crippen LogP contribution in [0, 0.1) is 11.3 Å². The third-order valence-corrected chi connectivity index (χ3v) is 5.39. The summed E-state index contributed by atoms with van der Waals surface area (Å²) in [5.74, 6) is -0.508. The van der Waals surface area contributed by atoms with Crippen molar-refractivity contribution < 1.29 is 23.8 Å². The minimum absolute atomic E-state index is 0.0278. The van der Waals surface area contributed by atoms with Gasteiger partial charge in [-0.1, -0.05) is 12.1 Å². The molecule has 0 radical (unpaired) electrons. The lowest BCUT2D eigenvalue weighted by Gasteiger charge is -2.27. The molecule has 1 fully saturated rings. The van der Waals surface area contributed by atoms with Gasteiger partial charge in [0, 0.05) is 13.1 Å². The molecule has 8 nitrogen and oxygen atoms in total. The molecular weight excluding hydrogens is 398 g/mol. The highest BCUT2D eigenvalue weighted by atomic mass is 16.5. The fourth-order valence-electron chi connectivity index (χ4n) is 3.82. The van der Waals surface area contributed by atoms with E-state index in [1.54, 1.807) is 38.1 Å². The number of benzene rings is 1. The SMILES string of the molecule is CCOC(=O)C1=C(C)OC(N)=C(C#N)C1c1ccc(OCC(=O)N2CCCCC2)cc1. The molecule has 0 saturated carbocycles. The molecule has 2 N–H and O–H groups in total. The summed E-state index contributed by atoms with van der Waals surface area (Å²) >= 11 is 0. The Labute approximate surface area is 181 Å². The van der Waals surface area contributed by atoms with E-state index in [2.05, 4.69) is 0 Å². The van der Waals surface area contributed by atoms with Crippen molar-refractivity contribution in [2.75, 3.05) is 26.3 Å². The summed E-state index contributed by atoms with van der Waals surface area (Å²) in [7, 11) is 0. The van der Waals surface area contributed by atoms with Crippen LogP contribution < -0.4 is 10.5 Å². The van der Waals surface area contributed by atoms with Crippen molar-refractivity contribution in [3.63, 3.8) is 0 Å². The first-order chi connectivity index (χ1) is 15.0. The highest BCUT2D eigenvalue weighted by molar-refractivity contribution is 5.92. The van der Waals surface area contributed by atoms with E-state index in [0.29, 0.717) is 17.1 Å². The van der Waals surface area contributed by atoms with Gasteiger partial charge in [0.05, 0.1) is 18.1 Å². The van der Waals surface area contributed by atoms with E-state index >= 15 is 0 Å². The lowest BCUT2D eigenvalue weighted by Crippen LogP contribution is -2.38. The maximum absolute atomic E-state index is 12.6. The fourth-order valence-corrected chi connectivity index (χ4v) is 3.82. The summed E-state index contributed by atoms with van der Waals surface area (Å²) < 4.78 is 16.2. The summed E-state index contributed by atoms with van der Waals surface area (Å²) in [6, 6.07) is 8.95. The van der Waals surface area contributed by atoms with Crippen molar-refractivity contribution in [3.05, 3.63) is 52.6 Å². The van der Waals surface area contributed by atoms with Gasteiger partial charge in [-0.25, -0.2) is 4.79 Å². The summed E-state index contributed by atoms with van der Waals surface area (Å²) in [6.45, 7) is 5.04. The van der Waals surface area contributed by atoms with Crippen LogP contribution in [0.25, 0.3) is 0 Å². The summed E-state index contributed by atoms with van der Waals surface area (Å²) in [4.78, 5) is 26.7. The quantitative estimate of drug-likeness (QED) is 0.697. The number of nitriles is 1. The molecule has 1 unspecified atom stereocenters. The highest BCUT2D eigenvalue weighted by Gasteiger charge is 2.36. The molecule has 2 heterocycles. The molecule has 164 valence electrons. The van der Waals surface area contributed by atoms with Gasteiger partial charge >= 0.3 is 5.97 Å². The number of piperidine rings is 1. The number of nitrogens with zero attached hydrogens (tertiary/aromatic N) is 2. The number of rotatable bonds is 6. The van der Waals surface area contributed by atoms with Gasteiger partial charge in [0.1, 0.15) is 23.2 Å². The number of nitrogens with two attached hydrogens (primary N) is 1. The predicted molar refractivity (Wildman–Crippen MR) is 112 cm³/mol. The molecular formula is C23H27N3O5. The van der Waals surface area contributed by atoms with E-state index in [0.717, 1.165) is 32.4 Å². The number of allylic oxidation sites excluding steroid dienone is 2. The van der Waals surface area contributed by atoms with Gasteiger partial charge in [-0.2, -0.15) is 5.26 Å². The summed E-state index contributed by atoms with van der Waals surface area (Å²) in [6.07, 6.45) is 3.21. The maximum Gasteiger partial charge on any atom is 0.338 e. The van der Waals surface area contributed by atoms with Crippen molar-refractivity contribution in [1.29, 1.82) is 5.26 Å². The topological polar surface area (TPSA) is 115 Å². The molecule has 1 aromatic rings. The number of carbonyl (C=O) groups is 2. The van der Waals surface area contributed by atoms with Crippen molar-refractivity contribution in [2.24, 2.45) is 5.73 Å². The van der Waals surface area contributed by atoms with Crippen molar-refractivity contribution >= 4 is 11.9 Å². The number of ether oxygens (including phenoxy) is 3. The predicted octanol–water partition coefficient (Wildman–Crippen LogP) is 2.72. The van der Waals surface area contributed by atoms with Crippen LogP contribution in [0.4, 0.5) is 0 Å². The van der Waals surface area contributed by atoms with Crippen LogP contribution in [-0.4, -0.2) is 43.1 Å². The smallest absolute Gasteiger partial charge is 0.338 e. The Morgan fingerprint density at radius 2 is 1.90 bits per heavy atom. The normalized spacial score (nSPS) is 18.9. The number of esters is 1. The van der Waals surface area contributed by atoms with Gasteiger partial charge in [-0.3, -0.25) is 4.79 Å². The second-order valence-corrected chi connectivity index (χ2v) is 7.41. The van der Waals surface area contributed by atoms with Gasteiger partial charge in [0.25, 0.3) is 5.91 Å². The monoisotopic (exact) mass is 425 g/mol. The first kappa shape index (κ1) is 22.2. The molecule has 1 saturated heterocycles. The third-order valence-electron chi connectivity index (χ3n) is 5.39. The average molecular weight is 425 g/mol. The van der Waals surface area contributed by atoms with E-state index in [-0.39, 0.29) is 36.2 Å². The van der Waals surface area contributed by atoms with Crippen molar-refractivity contribution in [1.82, 2.24) is 4.90 Å². The lowest BCUT2D eigenvalue weighted by atomic mass is 9.83. The molecule has 0 aromatic heterocycles. The zero-order chi connectivity index (χ0) is 22.4. The molecule has 3 rings (SSSR count). The Bertz CT molecular complexity index is 937. The van der Waals surface area contributed by atoms with Gasteiger partial charge < -0.3 is 24.8 Å². The minimum Gasteiger partial charge on any atom is -0.484 e. The summed E-state index contributed by atoms with van der Waals surface area (Å²) in [5.41, 5.74) is 6.95. The average Bonchev–Trinajstić information content (AvgIpc) is 2.78. The van der Waals surface area contributed by atoms with E-state index in [9.17, 15) is 14.9 Å². The molecule has 2 aliphatic rings. The van der Waals surface area contributed by atoms with E-state index in [4.69, 9.17) is 19.9 Å². The number of amides is 1. The minimum atomic E-state index is -0.707. The largest absolute Gasteiger partial charge is 0.484 e. The van der Waals surface area contributed by atoms with Crippen LogP contribution in [-0.2, 0) is 19.1 Å². The van der Waals surface area contributed by atoms with Gasteiger partial charge in [0.15, 0.2) is 6.61 Å². The number of carbonyl (C=O) groups excluding carboxylic acids is 2. The first-order valence-electron chi connectivity index (χ1n) is 10.4. The van der Waals surface area contributed by atoms with Crippen LogP contribution in [0.2, 0.25) is 0 Å². The molecule has 0 aliphatic carbocycles. The van der Waals surface area contributed by atoms with Crippen LogP contribution in [0.15, 0.2) is 47.1 Å². The highest BCUT2D eigenvalue weighted by Crippen LogP contribution is 2.39. The standard InChI is InChI=1S/C23H27N3O5/c1-3-29-23(28)20-15(2)31-22(25)18(13-24)21(20)16-7-9-17(10-8-16)30-14-19(27)26-11-5-4-6-12-26/h7-10,21H,3-6,11-12,14,25H2,1-2H3. The summed E-state index contributed by atoms with van der Waals surface area (Å²) in [5, 5.41) is 9.62. The molecule has 31 heavy (non-hydrogen) atoms. The van der Waals surface area contributed by atoms with Gasteiger partial charge in [-0.05, 0) is 50.8 Å². The van der Waals surface area contributed by atoms with Gasteiger partial charge in [-0.15, -0.1) is 0 Å². The second kappa shape index (κ2) is 10.0. The number of likely N-dealkylation sites (tertiary alicyclic amines) is 1. The van der Waals surface area contributed by atoms with E-state index in [1.807, 2.05) is 11.0 Å². The Hall–Kier alpha value is -3.47. The number of hydrogen-bond donors (Lipinski definition) is 1. The van der Waals surface area contributed by atoms with Crippen molar-refractivity contribution in [2.45, 2.75) is 39.0 Å².